The molecule has 0 unspecified atom stereocenters. The zero-order chi connectivity index (χ0) is 20.6. The van der Waals surface area contributed by atoms with E-state index in [-0.39, 0.29) is 17.9 Å². The zero-order valence-electron chi connectivity index (χ0n) is 15.9. The van der Waals surface area contributed by atoms with E-state index in [1.54, 1.807) is 32.0 Å². The van der Waals surface area contributed by atoms with Gasteiger partial charge in [-0.3, -0.25) is 9.89 Å². The van der Waals surface area contributed by atoms with Crippen LogP contribution < -0.4 is 10.3 Å². The number of nitrogens with one attached hydrogen (secondary N) is 1. The third-order valence-corrected chi connectivity index (χ3v) is 4.71. The highest BCUT2D eigenvalue weighted by Crippen LogP contribution is 2.35. The van der Waals surface area contributed by atoms with Crippen LogP contribution >= 0.6 is 11.6 Å². The van der Waals surface area contributed by atoms with Gasteiger partial charge in [0.15, 0.2) is 5.82 Å². The third-order valence-electron chi connectivity index (χ3n) is 4.39. The first-order chi connectivity index (χ1) is 13.8. The van der Waals surface area contributed by atoms with Gasteiger partial charge < -0.3 is 9.84 Å². The quantitative estimate of drug-likeness (QED) is 0.525. The normalized spacial score (nSPS) is 11.7. The molecule has 0 bridgehead atoms. The molecule has 0 aliphatic carbocycles. The topological polar surface area (TPSA) is 92.5 Å². The SMILES string of the molecule is CC(C)(O)c1c(Cl)cccc1OCc1cc(=O)n2[nH]c(-c3ccccc3)nc2n1. The van der Waals surface area contributed by atoms with E-state index in [0.29, 0.717) is 27.9 Å². The molecule has 4 rings (SSSR count). The van der Waals surface area contributed by atoms with E-state index in [9.17, 15) is 9.90 Å². The summed E-state index contributed by atoms with van der Waals surface area (Å²) in [5, 5.41) is 13.8. The Morgan fingerprint density at radius 1 is 1.14 bits per heavy atom. The highest BCUT2D eigenvalue weighted by atomic mass is 35.5. The lowest BCUT2D eigenvalue weighted by molar-refractivity contribution is 0.0744. The van der Waals surface area contributed by atoms with Gasteiger partial charge >= 0.3 is 0 Å². The van der Waals surface area contributed by atoms with Crippen LogP contribution in [0.3, 0.4) is 0 Å². The van der Waals surface area contributed by atoms with Crippen LogP contribution in [0.4, 0.5) is 0 Å². The molecule has 2 heterocycles. The molecular weight excluding hydrogens is 392 g/mol. The van der Waals surface area contributed by atoms with Gasteiger partial charge in [0.25, 0.3) is 11.3 Å². The van der Waals surface area contributed by atoms with Gasteiger partial charge in [-0.05, 0) is 26.0 Å². The molecular formula is C21H19ClN4O3. The first-order valence-electron chi connectivity index (χ1n) is 9.01. The van der Waals surface area contributed by atoms with Crippen LogP contribution in [0.5, 0.6) is 5.75 Å². The molecule has 7 nitrogen and oxygen atoms in total. The van der Waals surface area contributed by atoms with Crippen LogP contribution in [-0.2, 0) is 12.2 Å². The van der Waals surface area contributed by atoms with Crippen molar-refractivity contribution in [2.45, 2.75) is 26.1 Å². The van der Waals surface area contributed by atoms with Crippen molar-refractivity contribution in [3.05, 3.63) is 81.2 Å². The van der Waals surface area contributed by atoms with Crippen LogP contribution in [0.1, 0.15) is 25.1 Å². The first-order valence-corrected chi connectivity index (χ1v) is 9.39. The Morgan fingerprint density at radius 2 is 1.90 bits per heavy atom. The van der Waals surface area contributed by atoms with E-state index in [2.05, 4.69) is 15.1 Å². The van der Waals surface area contributed by atoms with Gasteiger partial charge in [-0.25, -0.2) is 4.98 Å². The maximum absolute atomic E-state index is 12.5. The van der Waals surface area contributed by atoms with Gasteiger partial charge in [0.1, 0.15) is 12.4 Å². The van der Waals surface area contributed by atoms with Crippen molar-refractivity contribution >= 4 is 17.4 Å². The number of fused-ring (bicyclic) bond motifs is 1. The molecule has 0 radical (unpaired) electrons. The number of aromatic nitrogens is 4. The number of ether oxygens (including phenoxy) is 1. The molecule has 0 spiro atoms. The molecule has 4 aromatic rings. The van der Waals surface area contributed by atoms with Crippen molar-refractivity contribution in [2.75, 3.05) is 0 Å². The van der Waals surface area contributed by atoms with Crippen LogP contribution in [0, 0.1) is 0 Å². The monoisotopic (exact) mass is 410 g/mol. The highest BCUT2D eigenvalue weighted by molar-refractivity contribution is 6.31. The smallest absolute Gasteiger partial charge is 0.274 e. The molecule has 0 saturated carbocycles. The van der Waals surface area contributed by atoms with Crippen molar-refractivity contribution in [2.24, 2.45) is 0 Å². The fraction of sp³-hybridized carbons (Fsp3) is 0.190. The lowest BCUT2D eigenvalue weighted by Gasteiger charge is -2.22. The van der Waals surface area contributed by atoms with Gasteiger partial charge in [-0.15, -0.1) is 0 Å². The van der Waals surface area contributed by atoms with Crippen LogP contribution in [0.2, 0.25) is 5.02 Å². The summed E-state index contributed by atoms with van der Waals surface area (Å²) < 4.78 is 7.12. The Bertz CT molecular complexity index is 1230. The van der Waals surface area contributed by atoms with E-state index >= 15 is 0 Å². The summed E-state index contributed by atoms with van der Waals surface area (Å²) >= 11 is 6.24. The summed E-state index contributed by atoms with van der Waals surface area (Å²) in [6.45, 7) is 3.29. The number of aliphatic hydroxyl groups is 1. The molecule has 0 aliphatic heterocycles. The van der Waals surface area contributed by atoms with E-state index in [0.717, 1.165) is 5.56 Å². The molecule has 0 amide bonds. The third kappa shape index (κ3) is 3.87. The fourth-order valence-electron chi connectivity index (χ4n) is 3.10. The minimum atomic E-state index is -1.18. The molecule has 2 N–H and O–H groups in total. The number of H-pyrrole nitrogens is 1. The number of rotatable bonds is 5. The number of benzene rings is 2. The second-order valence-electron chi connectivity index (χ2n) is 7.12. The highest BCUT2D eigenvalue weighted by Gasteiger charge is 2.24. The lowest BCUT2D eigenvalue weighted by Crippen LogP contribution is -2.19. The van der Waals surface area contributed by atoms with Crippen molar-refractivity contribution in [1.29, 1.82) is 0 Å². The summed E-state index contributed by atoms with van der Waals surface area (Å²) in [7, 11) is 0. The second kappa shape index (κ2) is 7.35. The summed E-state index contributed by atoms with van der Waals surface area (Å²) in [4.78, 5) is 21.3. The number of hydrogen-bond acceptors (Lipinski definition) is 5. The molecule has 0 fully saturated rings. The largest absolute Gasteiger partial charge is 0.487 e. The summed E-state index contributed by atoms with van der Waals surface area (Å²) in [6.07, 6.45) is 0. The number of hydrogen-bond donors (Lipinski definition) is 2. The maximum atomic E-state index is 12.5. The Labute approximate surface area is 171 Å². The Balaban J connectivity index is 1.65. The van der Waals surface area contributed by atoms with E-state index in [1.807, 2.05) is 30.3 Å². The number of aromatic amines is 1. The standard InChI is InChI=1S/C21H19ClN4O3/c1-21(2,28)18-15(22)9-6-10-16(18)29-12-14-11-17(27)26-20(23-14)24-19(25-26)13-7-4-3-5-8-13/h3-11,28H,12H2,1-2H3,(H,23,24,25). The zero-order valence-corrected chi connectivity index (χ0v) is 16.6. The van der Waals surface area contributed by atoms with Crippen LogP contribution in [0.15, 0.2) is 59.4 Å². The van der Waals surface area contributed by atoms with Crippen LogP contribution in [0.25, 0.3) is 17.2 Å². The minimum Gasteiger partial charge on any atom is -0.487 e. The molecule has 2 aromatic carbocycles. The average Bonchev–Trinajstić information content (AvgIpc) is 3.11. The van der Waals surface area contributed by atoms with Crippen molar-refractivity contribution in [3.8, 4) is 17.1 Å². The van der Waals surface area contributed by atoms with Gasteiger partial charge in [0.2, 0.25) is 0 Å². The van der Waals surface area contributed by atoms with E-state index in [4.69, 9.17) is 16.3 Å². The van der Waals surface area contributed by atoms with Gasteiger partial charge in [0, 0.05) is 17.2 Å². The second-order valence-corrected chi connectivity index (χ2v) is 7.53. The Morgan fingerprint density at radius 3 is 2.62 bits per heavy atom. The minimum absolute atomic E-state index is 0.0304. The molecule has 29 heavy (non-hydrogen) atoms. The van der Waals surface area contributed by atoms with Crippen molar-refractivity contribution in [1.82, 2.24) is 19.6 Å². The van der Waals surface area contributed by atoms with Crippen molar-refractivity contribution in [3.63, 3.8) is 0 Å². The van der Waals surface area contributed by atoms with Gasteiger partial charge in [-0.1, -0.05) is 48.0 Å². The van der Waals surface area contributed by atoms with E-state index < -0.39 is 5.60 Å². The summed E-state index contributed by atoms with van der Waals surface area (Å²) in [5.74, 6) is 1.23. The molecule has 148 valence electrons. The Kier molecular flexibility index (Phi) is 4.86. The van der Waals surface area contributed by atoms with E-state index in [1.165, 1.54) is 10.6 Å². The molecule has 0 saturated heterocycles. The molecule has 2 aromatic heterocycles. The predicted octanol–water partition coefficient (Wildman–Crippen LogP) is 3.54. The molecule has 0 aliphatic rings. The van der Waals surface area contributed by atoms with Crippen molar-refractivity contribution < 1.29 is 9.84 Å². The number of halogens is 1. The Hall–Kier alpha value is -3.16. The van der Waals surface area contributed by atoms with Gasteiger partial charge in [0.05, 0.1) is 16.3 Å². The summed E-state index contributed by atoms with van der Waals surface area (Å²) in [6, 6.07) is 16.0. The summed E-state index contributed by atoms with van der Waals surface area (Å²) in [5.41, 5.74) is 0.270. The maximum Gasteiger partial charge on any atom is 0.274 e. The average molecular weight is 411 g/mol. The van der Waals surface area contributed by atoms with Gasteiger partial charge in [-0.2, -0.15) is 9.50 Å². The molecule has 8 heteroatoms. The predicted molar refractivity (Wildman–Crippen MR) is 110 cm³/mol. The molecule has 0 atom stereocenters. The number of nitrogens with zero attached hydrogens (tertiary/aromatic N) is 3. The fourth-order valence-corrected chi connectivity index (χ4v) is 3.49. The first kappa shape index (κ1) is 19.2. The van der Waals surface area contributed by atoms with Crippen LogP contribution in [-0.4, -0.2) is 24.7 Å². The lowest BCUT2D eigenvalue weighted by atomic mass is 9.97.